The first kappa shape index (κ1) is 16.0. The van der Waals surface area contributed by atoms with Gasteiger partial charge in [-0.25, -0.2) is 0 Å². The fourth-order valence-corrected chi connectivity index (χ4v) is 3.51. The minimum Gasteiger partial charge on any atom is -0.303 e. The third-order valence-corrected chi connectivity index (χ3v) is 5.21. The summed E-state index contributed by atoms with van der Waals surface area (Å²) in [5, 5.41) is 9.99. The van der Waals surface area contributed by atoms with Gasteiger partial charge >= 0.3 is 0 Å². The first-order valence-corrected chi connectivity index (χ1v) is 8.42. The summed E-state index contributed by atoms with van der Waals surface area (Å²) < 4.78 is 0. The van der Waals surface area contributed by atoms with E-state index in [0.717, 1.165) is 19.4 Å². The third-order valence-electron chi connectivity index (χ3n) is 5.21. The monoisotopic (exact) mass is 284 g/mol. The van der Waals surface area contributed by atoms with Gasteiger partial charge in [0, 0.05) is 0 Å². The molecule has 0 saturated carbocycles. The van der Waals surface area contributed by atoms with Gasteiger partial charge in [-0.2, -0.15) is 5.26 Å². The average molecular weight is 284 g/mol. The minimum absolute atomic E-state index is 0.340. The predicted molar refractivity (Wildman–Crippen MR) is 88.1 cm³/mol. The zero-order chi connectivity index (χ0) is 15.1. The van der Waals surface area contributed by atoms with Gasteiger partial charge in [-0.05, 0) is 50.4 Å². The molecular formula is C19H28N2. The standard InChI is InChI=1S/C19H28N2/c1-3-17(2)19(16-20,18-10-6-4-7-11-18)12-15-21-13-8-5-9-14-21/h4,6-7,10-11,17H,3,5,8-9,12-15H2,1-2H3/t17-,19+/m1/s1. The van der Waals surface area contributed by atoms with Crippen LogP contribution in [0, 0.1) is 17.2 Å². The van der Waals surface area contributed by atoms with E-state index in [9.17, 15) is 5.26 Å². The summed E-state index contributed by atoms with van der Waals surface area (Å²) in [7, 11) is 0. The van der Waals surface area contributed by atoms with Crippen LogP contribution in [0.2, 0.25) is 0 Å². The van der Waals surface area contributed by atoms with Gasteiger partial charge in [-0.1, -0.05) is 57.0 Å². The lowest BCUT2D eigenvalue weighted by Gasteiger charge is -2.36. The molecule has 0 spiro atoms. The molecule has 2 atom stereocenters. The molecule has 21 heavy (non-hydrogen) atoms. The number of piperidine rings is 1. The van der Waals surface area contributed by atoms with E-state index in [4.69, 9.17) is 0 Å². The topological polar surface area (TPSA) is 27.0 Å². The average Bonchev–Trinajstić information content (AvgIpc) is 2.57. The van der Waals surface area contributed by atoms with Gasteiger partial charge in [0.05, 0.1) is 11.5 Å². The smallest absolute Gasteiger partial charge is 0.0859 e. The number of hydrogen-bond donors (Lipinski definition) is 0. The molecule has 1 aromatic carbocycles. The minimum atomic E-state index is -0.340. The molecule has 0 amide bonds. The van der Waals surface area contributed by atoms with Crippen LogP contribution in [0.15, 0.2) is 30.3 Å². The summed E-state index contributed by atoms with van der Waals surface area (Å²) >= 11 is 0. The second-order valence-corrected chi connectivity index (χ2v) is 6.41. The Balaban J connectivity index is 2.17. The van der Waals surface area contributed by atoms with Crippen LogP contribution in [0.25, 0.3) is 0 Å². The molecule has 2 rings (SSSR count). The first-order chi connectivity index (χ1) is 10.2. The van der Waals surface area contributed by atoms with Crippen LogP contribution in [-0.4, -0.2) is 24.5 Å². The maximum Gasteiger partial charge on any atom is 0.0859 e. The molecule has 0 N–H and O–H groups in total. The molecule has 0 unspecified atom stereocenters. The van der Waals surface area contributed by atoms with Crippen LogP contribution < -0.4 is 0 Å². The highest BCUT2D eigenvalue weighted by Gasteiger charge is 2.37. The van der Waals surface area contributed by atoms with E-state index in [1.807, 2.05) is 6.07 Å². The van der Waals surface area contributed by atoms with Crippen LogP contribution >= 0.6 is 0 Å². The van der Waals surface area contributed by atoms with Crippen LogP contribution in [0.3, 0.4) is 0 Å². The summed E-state index contributed by atoms with van der Waals surface area (Å²) in [4.78, 5) is 2.54. The lowest BCUT2D eigenvalue weighted by atomic mass is 9.68. The Bertz CT molecular complexity index is 456. The van der Waals surface area contributed by atoms with Crippen molar-refractivity contribution in [3.63, 3.8) is 0 Å². The normalized spacial score (nSPS) is 20.4. The summed E-state index contributed by atoms with van der Waals surface area (Å²) in [5.74, 6) is 0.384. The Kier molecular flexibility index (Phi) is 5.82. The molecule has 1 aliphatic rings. The molecule has 114 valence electrons. The second kappa shape index (κ2) is 7.61. The molecule has 1 aliphatic heterocycles. The van der Waals surface area contributed by atoms with Crippen LogP contribution in [0.5, 0.6) is 0 Å². The van der Waals surface area contributed by atoms with Crippen molar-refractivity contribution < 1.29 is 0 Å². The van der Waals surface area contributed by atoms with Gasteiger partial charge in [-0.3, -0.25) is 0 Å². The van der Waals surface area contributed by atoms with Gasteiger partial charge in [0.25, 0.3) is 0 Å². The van der Waals surface area contributed by atoms with Crippen molar-refractivity contribution in [2.75, 3.05) is 19.6 Å². The molecule has 0 aliphatic carbocycles. The quantitative estimate of drug-likeness (QED) is 0.775. The van der Waals surface area contributed by atoms with Gasteiger partial charge in [0.15, 0.2) is 0 Å². The van der Waals surface area contributed by atoms with E-state index < -0.39 is 0 Å². The van der Waals surface area contributed by atoms with Gasteiger partial charge in [0.1, 0.15) is 0 Å². The summed E-state index contributed by atoms with van der Waals surface area (Å²) in [6.07, 6.45) is 5.98. The highest BCUT2D eigenvalue weighted by molar-refractivity contribution is 5.33. The van der Waals surface area contributed by atoms with Crippen molar-refractivity contribution in [1.29, 1.82) is 5.26 Å². The Morgan fingerprint density at radius 3 is 2.43 bits per heavy atom. The molecular weight excluding hydrogens is 256 g/mol. The van der Waals surface area contributed by atoms with E-state index >= 15 is 0 Å². The number of rotatable bonds is 6. The maximum absolute atomic E-state index is 9.99. The number of hydrogen-bond acceptors (Lipinski definition) is 2. The number of nitriles is 1. The Morgan fingerprint density at radius 2 is 1.86 bits per heavy atom. The SMILES string of the molecule is CC[C@@H](C)[C@@](C#N)(CCN1CCCCC1)c1ccccc1. The maximum atomic E-state index is 9.99. The van der Waals surface area contributed by atoms with Crippen LogP contribution in [0.4, 0.5) is 0 Å². The second-order valence-electron chi connectivity index (χ2n) is 6.41. The Hall–Kier alpha value is -1.33. The Labute approximate surface area is 129 Å². The largest absolute Gasteiger partial charge is 0.303 e. The van der Waals surface area contributed by atoms with Crippen molar-refractivity contribution in [1.82, 2.24) is 4.90 Å². The summed E-state index contributed by atoms with van der Waals surface area (Å²) in [6.45, 7) is 7.88. The number of likely N-dealkylation sites (tertiary alicyclic amines) is 1. The summed E-state index contributed by atoms with van der Waals surface area (Å²) in [6, 6.07) is 13.1. The van der Waals surface area contributed by atoms with Crippen molar-refractivity contribution in [3.8, 4) is 6.07 Å². The molecule has 2 heteroatoms. The highest BCUT2D eigenvalue weighted by atomic mass is 15.1. The van der Waals surface area contributed by atoms with E-state index in [0.29, 0.717) is 5.92 Å². The van der Waals surface area contributed by atoms with Crippen LogP contribution in [-0.2, 0) is 5.41 Å². The first-order valence-electron chi connectivity index (χ1n) is 8.42. The van der Waals surface area contributed by atoms with Crippen molar-refractivity contribution in [2.45, 2.75) is 51.4 Å². The molecule has 0 bridgehead atoms. The van der Waals surface area contributed by atoms with Crippen LogP contribution in [0.1, 0.15) is 51.5 Å². The summed E-state index contributed by atoms with van der Waals surface area (Å²) in [5.41, 5.74) is 0.854. The third kappa shape index (κ3) is 3.66. The fourth-order valence-electron chi connectivity index (χ4n) is 3.51. The van der Waals surface area contributed by atoms with Gasteiger partial charge in [0.2, 0.25) is 0 Å². The van der Waals surface area contributed by atoms with E-state index in [-0.39, 0.29) is 5.41 Å². The molecule has 0 radical (unpaired) electrons. The van der Waals surface area contributed by atoms with E-state index in [1.165, 1.54) is 37.9 Å². The lowest BCUT2D eigenvalue weighted by Crippen LogP contribution is -2.38. The number of nitrogens with zero attached hydrogens (tertiary/aromatic N) is 2. The van der Waals surface area contributed by atoms with Crippen molar-refractivity contribution in [3.05, 3.63) is 35.9 Å². The molecule has 1 heterocycles. The molecule has 1 aromatic rings. The fraction of sp³-hybridized carbons (Fsp3) is 0.632. The molecule has 1 saturated heterocycles. The molecule has 2 nitrogen and oxygen atoms in total. The van der Waals surface area contributed by atoms with E-state index in [1.54, 1.807) is 0 Å². The lowest BCUT2D eigenvalue weighted by molar-refractivity contribution is 0.198. The number of benzene rings is 1. The predicted octanol–water partition coefficient (Wildman–Crippen LogP) is 4.37. The zero-order valence-electron chi connectivity index (χ0n) is 13.5. The molecule has 1 fully saturated rings. The van der Waals surface area contributed by atoms with Crippen molar-refractivity contribution >= 4 is 0 Å². The highest BCUT2D eigenvalue weighted by Crippen LogP contribution is 2.37. The van der Waals surface area contributed by atoms with Crippen molar-refractivity contribution in [2.24, 2.45) is 5.92 Å². The van der Waals surface area contributed by atoms with Gasteiger partial charge in [-0.15, -0.1) is 0 Å². The Morgan fingerprint density at radius 1 is 1.19 bits per heavy atom. The zero-order valence-corrected chi connectivity index (χ0v) is 13.5. The molecule has 0 aromatic heterocycles. The van der Waals surface area contributed by atoms with Gasteiger partial charge < -0.3 is 4.90 Å². The van der Waals surface area contributed by atoms with E-state index in [2.05, 4.69) is 49.1 Å².